The second-order valence-electron chi connectivity index (χ2n) is 7.70. The summed E-state index contributed by atoms with van der Waals surface area (Å²) in [5.41, 5.74) is 1.51. The normalized spacial score (nSPS) is 10.2. The number of aryl methyl sites for hydroxylation is 1. The fourth-order valence-electron chi connectivity index (χ4n) is 3.11. The number of unbranched alkanes of at least 4 members (excludes halogenated alkanes) is 6. The first kappa shape index (κ1) is 27.0. The lowest BCUT2D eigenvalue weighted by molar-refractivity contribution is 0.0497. The first-order chi connectivity index (χ1) is 15.4. The molecule has 0 aliphatic carbocycles. The van der Waals surface area contributed by atoms with Crippen molar-refractivity contribution in [3.63, 3.8) is 0 Å². The first-order valence-electron chi connectivity index (χ1n) is 11.4. The Labute approximate surface area is 190 Å². The maximum Gasteiger partial charge on any atom is 0.338 e. The van der Waals surface area contributed by atoms with Gasteiger partial charge in [-0.1, -0.05) is 52.4 Å². The molecule has 176 valence electrons. The number of aromatic hydroxyl groups is 2. The highest BCUT2D eigenvalue weighted by Gasteiger charge is 2.10. The molecule has 0 atom stereocenters. The minimum absolute atomic E-state index is 0.135. The van der Waals surface area contributed by atoms with Gasteiger partial charge in [-0.25, -0.2) is 9.59 Å². The Morgan fingerprint density at radius 1 is 0.781 bits per heavy atom. The smallest absolute Gasteiger partial charge is 0.338 e. The summed E-state index contributed by atoms with van der Waals surface area (Å²) < 4.78 is 5.09. The molecule has 0 fully saturated rings. The number of carbonyl (C=O) groups excluding carboxylic acids is 1. The third-order valence-corrected chi connectivity index (χ3v) is 4.95. The minimum atomic E-state index is -0.925. The van der Waals surface area contributed by atoms with Crippen molar-refractivity contribution < 1.29 is 29.6 Å². The van der Waals surface area contributed by atoms with Crippen molar-refractivity contribution in [3.05, 3.63) is 59.2 Å². The molecule has 0 aromatic heterocycles. The summed E-state index contributed by atoms with van der Waals surface area (Å²) in [5, 5.41) is 27.4. The van der Waals surface area contributed by atoms with Gasteiger partial charge < -0.3 is 20.1 Å². The predicted molar refractivity (Wildman–Crippen MR) is 125 cm³/mol. The second kappa shape index (κ2) is 15.7. The average molecular weight is 445 g/mol. The van der Waals surface area contributed by atoms with Crippen molar-refractivity contribution in [2.75, 3.05) is 6.61 Å². The molecule has 3 N–H and O–H groups in total. The van der Waals surface area contributed by atoms with Crippen molar-refractivity contribution in [1.82, 2.24) is 0 Å². The van der Waals surface area contributed by atoms with E-state index in [0.29, 0.717) is 17.7 Å². The number of esters is 1. The van der Waals surface area contributed by atoms with Crippen LogP contribution < -0.4 is 0 Å². The number of rotatable bonds is 12. The fourth-order valence-corrected chi connectivity index (χ4v) is 3.11. The number of carbonyl (C=O) groups is 2. The number of benzene rings is 2. The van der Waals surface area contributed by atoms with Crippen molar-refractivity contribution >= 4 is 11.9 Å². The molecule has 0 unspecified atom stereocenters. The SMILES string of the molecule is CCCCCCOC(=O)c1ccc(O)cc1.CCCCCCc1cc(O)ccc1C(=O)O. The number of aromatic carboxylic acids is 1. The van der Waals surface area contributed by atoms with E-state index in [1.807, 2.05) is 0 Å². The average Bonchev–Trinajstić information content (AvgIpc) is 2.77. The number of phenols is 2. The molecule has 0 bridgehead atoms. The van der Waals surface area contributed by atoms with E-state index in [9.17, 15) is 14.7 Å². The van der Waals surface area contributed by atoms with Gasteiger partial charge in [-0.3, -0.25) is 0 Å². The van der Waals surface area contributed by atoms with E-state index >= 15 is 0 Å². The van der Waals surface area contributed by atoms with E-state index in [4.69, 9.17) is 14.9 Å². The van der Waals surface area contributed by atoms with E-state index in [-0.39, 0.29) is 17.5 Å². The molecule has 2 rings (SSSR count). The van der Waals surface area contributed by atoms with Crippen LogP contribution >= 0.6 is 0 Å². The second-order valence-corrected chi connectivity index (χ2v) is 7.70. The number of carboxylic acids is 1. The zero-order valence-electron chi connectivity index (χ0n) is 19.2. The van der Waals surface area contributed by atoms with Crippen molar-refractivity contribution in [1.29, 1.82) is 0 Å². The van der Waals surface area contributed by atoms with Gasteiger partial charge >= 0.3 is 11.9 Å². The molecule has 0 amide bonds. The summed E-state index contributed by atoms with van der Waals surface area (Å²) in [6.45, 7) is 4.75. The van der Waals surface area contributed by atoms with Crippen molar-refractivity contribution in [2.45, 2.75) is 71.6 Å². The van der Waals surface area contributed by atoms with Crippen LogP contribution in [-0.2, 0) is 11.2 Å². The van der Waals surface area contributed by atoms with Crippen LogP contribution in [0.3, 0.4) is 0 Å². The van der Waals surface area contributed by atoms with Crippen molar-refractivity contribution in [3.8, 4) is 11.5 Å². The van der Waals surface area contributed by atoms with Crippen LogP contribution in [-0.4, -0.2) is 33.9 Å². The minimum Gasteiger partial charge on any atom is -0.508 e. The summed E-state index contributed by atoms with van der Waals surface area (Å²) in [7, 11) is 0. The van der Waals surface area contributed by atoms with Gasteiger partial charge in [0.05, 0.1) is 17.7 Å². The molecule has 0 saturated carbocycles. The van der Waals surface area contributed by atoms with Gasteiger partial charge in [0.2, 0.25) is 0 Å². The third kappa shape index (κ3) is 10.8. The van der Waals surface area contributed by atoms with E-state index in [1.165, 1.54) is 43.5 Å². The molecule has 2 aromatic carbocycles. The Balaban J connectivity index is 0.000000320. The molecule has 0 aliphatic heterocycles. The van der Waals surface area contributed by atoms with Gasteiger partial charge in [-0.2, -0.15) is 0 Å². The van der Waals surface area contributed by atoms with Gasteiger partial charge in [0.25, 0.3) is 0 Å². The lowest BCUT2D eigenvalue weighted by Gasteiger charge is -2.06. The molecular formula is C26H36O6. The van der Waals surface area contributed by atoms with Crippen molar-refractivity contribution in [2.24, 2.45) is 0 Å². The molecule has 0 aliphatic rings. The Morgan fingerprint density at radius 2 is 1.38 bits per heavy atom. The Bertz CT molecular complexity index is 814. The summed E-state index contributed by atoms with van der Waals surface area (Å²) in [6, 6.07) is 10.5. The van der Waals surface area contributed by atoms with Crippen LogP contribution in [0.1, 0.15) is 91.5 Å². The number of ether oxygens (including phenoxy) is 1. The quantitative estimate of drug-likeness (QED) is 0.260. The summed E-state index contributed by atoms with van der Waals surface area (Å²) in [6.07, 6.45) is 9.48. The highest BCUT2D eigenvalue weighted by Crippen LogP contribution is 2.19. The summed E-state index contributed by atoms with van der Waals surface area (Å²) in [5.74, 6) is -0.961. The van der Waals surface area contributed by atoms with Gasteiger partial charge in [-0.15, -0.1) is 0 Å². The van der Waals surface area contributed by atoms with Gasteiger partial charge in [0.1, 0.15) is 11.5 Å². The van der Waals surface area contributed by atoms with E-state index < -0.39 is 5.97 Å². The topological polar surface area (TPSA) is 104 Å². The molecular weight excluding hydrogens is 408 g/mol. The van der Waals surface area contributed by atoms with E-state index in [2.05, 4.69) is 13.8 Å². The number of carboxylic acid groups (broad SMARTS) is 1. The van der Waals surface area contributed by atoms with Gasteiger partial charge in [0, 0.05) is 0 Å². The van der Waals surface area contributed by atoms with E-state index in [0.717, 1.165) is 44.1 Å². The predicted octanol–water partition coefficient (Wildman–Crippen LogP) is 6.34. The zero-order chi connectivity index (χ0) is 23.8. The molecule has 6 heteroatoms. The highest BCUT2D eigenvalue weighted by atomic mass is 16.5. The largest absolute Gasteiger partial charge is 0.508 e. The lowest BCUT2D eigenvalue weighted by atomic mass is 10.0. The lowest BCUT2D eigenvalue weighted by Crippen LogP contribution is -2.06. The van der Waals surface area contributed by atoms with Crippen LogP contribution in [0.15, 0.2) is 42.5 Å². The monoisotopic (exact) mass is 444 g/mol. The number of hydrogen-bond acceptors (Lipinski definition) is 5. The van der Waals surface area contributed by atoms with Crippen LogP contribution in [0.5, 0.6) is 11.5 Å². The standard InChI is InChI=1S/2C13H18O3/c1-2-3-4-5-10-16-13(15)11-6-8-12(14)9-7-11;1-2-3-4-5-6-10-9-11(14)7-8-12(10)13(15)16/h6-9,14H,2-5,10H2,1H3;7-9,14H,2-6H2,1H3,(H,15,16). The molecule has 0 heterocycles. The third-order valence-electron chi connectivity index (χ3n) is 4.95. The summed E-state index contributed by atoms with van der Waals surface area (Å²) in [4.78, 5) is 22.4. The number of phenolic OH excluding ortho intramolecular Hbond substituents is 2. The first-order valence-corrected chi connectivity index (χ1v) is 11.4. The van der Waals surface area contributed by atoms with Gasteiger partial charge in [0.15, 0.2) is 0 Å². The summed E-state index contributed by atoms with van der Waals surface area (Å²) >= 11 is 0. The molecule has 0 saturated heterocycles. The zero-order valence-corrected chi connectivity index (χ0v) is 19.2. The Morgan fingerprint density at radius 3 is 1.97 bits per heavy atom. The van der Waals surface area contributed by atoms with Crippen LogP contribution in [0.4, 0.5) is 0 Å². The molecule has 0 radical (unpaired) electrons. The molecule has 0 spiro atoms. The molecule has 6 nitrogen and oxygen atoms in total. The number of hydrogen-bond donors (Lipinski definition) is 3. The molecule has 2 aromatic rings. The highest BCUT2D eigenvalue weighted by molar-refractivity contribution is 5.90. The molecule has 32 heavy (non-hydrogen) atoms. The maximum absolute atomic E-state index is 11.5. The Hall–Kier alpha value is -3.02. The maximum atomic E-state index is 11.5. The van der Waals surface area contributed by atoms with E-state index in [1.54, 1.807) is 18.2 Å². The van der Waals surface area contributed by atoms with Crippen LogP contribution in [0.2, 0.25) is 0 Å². The Kier molecular flexibility index (Phi) is 13.3. The van der Waals surface area contributed by atoms with Crippen LogP contribution in [0, 0.1) is 0 Å². The van der Waals surface area contributed by atoms with Gasteiger partial charge in [-0.05, 0) is 67.3 Å². The van der Waals surface area contributed by atoms with Crippen LogP contribution in [0.25, 0.3) is 0 Å². The fraction of sp³-hybridized carbons (Fsp3) is 0.462.